The van der Waals surface area contributed by atoms with Crippen molar-refractivity contribution in [3.63, 3.8) is 0 Å². The number of piperidine rings is 1. The van der Waals surface area contributed by atoms with E-state index >= 15 is 0 Å². The Morgan fingerprint density at radius 2 is 1.89 bits per heavy atom. The van der Waals surface area contributed by atoms with Crippen molar-refractivity contribution in [2.75, 3.05) is 6.54 Å². The summed E-state index contributed by atoms with van der Waals surface area (Å²) in [6.45, 7) is 0.975. The Labute approximate surface area is 108 Å². The summed E-state index contributed by atoms with van der Waals surface area (Å²) in [6, 6.07) is 8.80. The molecule has 1 amide bonds. The molecule has 3 nitrogen and oxygen atoms in total. The number of benzene rings is 1. The molecule has 3 rings (SSSR count). The smallest absolute Gasteiger partial charge is 0.237 e. The third-order valence-corrected chi connectivity index (χ3v) is 4.02. The summed E-state index contributed by atoms with van der Waals surface area (Å²) in [5, 5.41) is 6.50. The summed E-state index contributed by atoms with van der Waals surface area (Å²) in [5.74, 6) is 0.188. The highest BCUT2D eigenvalue weighted by atomic mass is 16.2. The molecule has 1 aromatic rings. The quantitative estimate of drug-likeness (QED) is 0.826. The molecule has 1 aromatic carbocycles. The highest BCUT2D eigenvalue weighted by molar-refractivity contribution is 5.82. The highest BCUT2D eigenvalue weighted by Gasteiger charge is 2.26. The minimum atomic E-state index is 0.0301. The van der Waals surface area contributed by atoms with E-state index in [0.29, 0.717) is 6.04 Å². The Morgan fingerprint density at radius 3 is 2.50 bits per heavy atom. The van der Waals surface area contributed by atoms with Crippen molar-refractivity contribution in [2.24, 2.45) is 0 Å². The number of amides is 1. The van der Waals surface area contributed by atoms with Gasteiger partial charge < -0.3 is 10.6 Å². The molecule has 1 atom stereocenters. The summed E-state index contributed by atoms with van der Waals surface area (Å²) in [4.78, 5) is 12.1. The van der Waals surface area contributed by atoms with Gasteiger partial charge in [0, 0.05) is 6.04 Å². The maximum absolute atomic E-state index is 12.1. The molecule has 1 saturated heterocycles. The minimum Gasteiger partial charge on any atom is -0.351 e. The molecule has 2 aliphatic rings. The second kappa shape index (κ2) is 5.11. The van der Waals surface area contributed by atoms with E-state index in [1.807, 2.05) is 0 Å². The molecule has 0 bridgehead atoms. The summed E-state index contributed by atoms with van der Waals surface area (Å²) >= 11 is 0. The number of rotatable bonds is 2. The molecule has 1 aliphatic heterocycles. The van der Waals surface area contributed by atoms with Gasteiger partial charge in [0.2, 0.25) is 5.91 Å². The number of fused-ring (bicyclic) bond motifs is 1. The van der Waals surface area contributed by atoms with E-state index in [0.717, 1.165) is 32.2 Å². The zero-order chi connectivity index (χ0) is 12.4. The first-order valence-electron chi connectivity index (χ1n) is 6.93. The molecule has 1 fully saturated rings. The predicted molar refractivity (Wildman–Crippen MR) is 71.4 cm³/mol. The Balaban J connectivity index is 1.57. The van der Waals surface area contributed by atoms with Crippen LogP contribution in [0, 0.1) is 0 Å². The van der Waals surface area contributed by atoms with Crippen LogP contribution in [-0.2, 0) is 17.6 Å². The SMILES string of the molecule is O=C(NC1Cc2ccccc2C1)[C@@H]1CCCCN1. The third-order valence-electron chi connectivity index (χ3n) is 4.02. The van der Waals surface area contributed by atoms with Crippen LogP contribution in [0.4, 0.5) is 0 Å². The first-order chi connectivity index (χ1) is 8.83. The Morgan fingerprint density at radius 1 is 1.17 bits per heavy atom. The molecule has 3 heteroatoms. The first kappa shape index (κ1) is 11.7. The van der Waals surface area contributed by atoms with Crippen LogP contribution in [0.1, 0.15) is 30.4 Å². The van der Waals surface area contributed by atoms with E-state index in [-0.39, 0.29) is 11.9 Å². The van der Waals surface area contributed by atoms with Crippen LogP contribution in [0.3, 0.4) is 0 Å². The second-order valence-electron chi connectivity index (χ2n) is 5.38. The maximum Gasteiger partial charge on any atom is 0.237 e. The van der Waals surface area contributed by atoms with Gasteiger partial charge in [-0.25, -0.2) is 0 Å². The number of hydrogen-bond acceptors (Lipinski definition) is 2. The van der Waals surface area contributed by atoms with E-state index in [1.165, 1.54) is 17.5 Å². The predicted octanol–water partition coefficient (Wildman–Crippen LogP) is 1.41. The van der Waals surface area contributed by atoms with Crippen LogP contribution in [0.15, 0.2) is 24.3 Å². The Kier molecular flexibility index (Phi) is 3.33. The van der Waals surface area contributed by atoms with Crippen molar-refractivity contribution in [3.8, 4) is 0 Å². The molecule has 96 valence electrons. The van der Waals surface area contributed by atoms with Gasteiger partial charge in [-0.2, -0.15) is 0 Å². The molecule has 0 radical (unpaired) electrons. The zero-order valence-electron chi connectivity index (χ0n) is 10.6. The molecule has 0 saturated carbocycles. The van der Waals surface area contributed by atoms with Crippen molar-refractivity contribution in [1.29, 1.82) is 0 Å². The largest absolute Gasteiger partial charge is 0.351 e. The molecule has 0 unspecified atom stereocenters. The van der Waals surface area contributed by atoms with Gasteiger partial charge in [0.25, 0.3) is 0 Å². The van der Waals surface area contributed by atoms with Crippen molar-refractivity contribution < 1.29 is 4.79 Å². The lowest BCUT2D eigenvalue weighted by Gasteiger charge is -2.24. The second-order valence-corrected chi connectivity index (χ2v) is 5.38. The van der Waals surface area contributed by atoms with Crippen LogP contribution in [0.2, 0.25) is 0 Å². The van der Waals surface area contributed by atoms with Gasteiger partial charge in [-0.3, -0.25) is 4.79 Å². The van der Waals surface area contributed by atoms with Crippen LogP contribution in [0.25, 0.3) is 0 Å². The fourth-order valence-electron chi connectivity index (χ4n) is 3.04. The van der Waals surface area contributed by atoms with E-state index in [9.17, 15) is 4.79 Å². The molecule has 1 aliphatic carbocycles. The van der Waals surface area contributed by atoms with E-state index < -0.39 is 0 Å². The molecule has 18 heavy (non-hydrogen) atoms. The summed E-state index contributed by atoms with van der Waals surface area (Å²) in [7, 11) is 0. The van der Waals surface area contributed by atoms with Gasteiger partial charge in [-0.1, -0.05) is 30.7 Å². The molecule has 0 aromatic heterocycles. The van der Waals surface area contributed by atoms with Crippen LogP contribution >= 0.6 is 0 Å². The molecular weight excluding hydrogens is 224 g/mol. The highest BCUT2D eigenvalue weighted by Crippen LogP contribution is 2.21. The van der Waals surface area contributed by atoms with Crippen molar-refractivity contribution in [1.82, 2.24) is 10.6 Å². The summed E-state index contributed by atoms with van der Waals surface area (Å²) in [5.41, 5.74) is 2.78. The van der Waals surface area contributed by atoms with Gasteiger partial charge in [0.15, 0.2) is 0 Å². The Bertz CT molecular complexity index is 413. The van der Waals surface area contributed by atoms with Crippen LogP contribution in [-0.4, -0.2) is 24.5 Å². The van der Waals surface area contributed by atoms with Gasteiger partial charge in [0.05, 0.1) is 6.04 Å². The van der Waals surface area contributed by atoms with Crippen LogP contribution < -0.4 is 10.6 Å². The van der Waals surface area contributed by atoms with Gasteiger partial charge in [-0.15, -0.1) is 0 Å². The van der Waals surface area contributed by atoms with Gasteiger partial charge in [0.1, 0.15) is 0 Å². The molecule has 1 heterocycles. The number of carbonyl (C=O) groups excluding carboxylic acids is 1. The average Bonchev–Trinajstić information content (AvgIpc) is 2.82. The fraction of sp³-hybridized carbons (Fsp3) is 0.533. The van der Waals surface area contributed by atoms with E-state index in [4.69, 9.17) is 0 Å². The number of nitrogens with one attached hydrogen (secondary N) is 2. The zero-order valence-corrected chi connectivity index (χ0v) is 10.6. The molecule has 0 spiro atoms. The van der Waals surface area contributed by atoms with Gasteiger partial charge >= 0.3 is 0 Å². The average molecular weight is 244 g/mol. The monoisotopic (exact) mass is 244 g/mol. The topological polar surface area (TPSA) is 41.1 Å². The number of hydrogen-bond donors (Lipinski definition) is 2. The minimum absolute atomic E-state index is 0.0301. The van der Waals surface area contributed by atoms with E-state index in [2.05, 4.69) is 34.9 Å². The summed E-state index contributed by atoms with van der Waals surface area (Å²) in [6.07, 6.45) is 5.30. The number of carbonyl (C=O) groups is 1. The standard InChI is InChI=1S/C15H20N2O/c18-15(14-7-3-4-8-16-14)17-13-9-11-5-1-2-6-12(11)10-13/h1-2,5-6,13-14,16H,3-4,7-10H2,(H,17,18)/t14-/m0/s1. The van der Waals surface area contributed by atoms with E-state index in [1.54, 1.807) is 0 Å². The first-order valence-corrected chi connectivity index (χ1v) is 6.93. The molecular formula is C15H20N2O. The lowest BCUT2D eigenvalue weighted by molar-refractivity contribution is -0.124. The fourth-order valence-corrected chi connectivity index (χ4v) is 3.04. The normalized spacial score (nSPS) is 23.7. The van der Waals surface area contributed by atoms with Crippen LogP contribution in [0.5, 0.6) is 0 Å². The van der Waals surface area contributed by atoms with Crippen molar-refractivity contribution in [2.45, 2.75) is 44.2 Å². The third kappa shape index (κ3) is 2.41. The lowest BCUT2D eigenvalue weighted by Crippen LogP contribution is -2.49. The van der Waals surface area contributed by atoms with Gasteiger partial charge in [-0.05, 0) is 43.4 Å². The lowest BCUT2D eigenvalue weighted by atomic mass is 10.0. The van der Waals surface area contributed by atoms with Crippen molar-refractivity contribution >= 4 is 5.91 Å². The summed E-state index contributed by atoms with van der Waals surface area (Å²) < 4.78 is 0. The van der Waals surface area contributed by atoms with Crippen molar-refractivity contribution in [3.05, 3.63) is 35.4 Å². The molecule has 2 N–H and O–H groups in total. The maximum atomic E-state index is 12.1. The Hall–Kier alpha value is -1.35.